The molecule has 0 saturated heterocycles. The fraction of sp³-hybridized carbons (Fsp3) is 0.818. The molecule has 20 heteroatoms. The molecule has 0 amide bonds. The van der Waals surface area contributed by atoms with Gasteiger partial charge in [0.2, 0.25) is 0 Å². The molecule has 0 nitrogen and oxygen atoms in total. The van der Waals surface area contributed by atoms with Crippen LogP contribution in [0, 0.1) is 0 Å². The number of halogens is 20. The number of rotatable bonds is 5. The Balaban J connectivity index is 3.86. The van der Waals surface area contributed by atoms with Gasteiger partial charge in [-0.2, -0.15) is 83.4 Å². The van der Waals surface area contributed by atoms with Crippen LogP contribution in [0.1, 0.15) is 0 Å². The average molecular weight is 512 g/mol. The third kappa shape index (κ3) is 2.83. The Hall–Kier alpha value is -1.66. The lowest BCUT2D eigenvalue weighted by atomic mass is 9.88. The minimum atomic E-state index is -8.78. The Morgan fingerprint density at radius 1 is 0.452 bits per heavy atom. The van der Waals surface area contributed by atoms with Gasteiger partial charge in [-0.15, -0.1) is 0 Å². The van der Waals surface area contributed by atoms with Gasteiger partial charge in [0.05, 0.1) is 0 Å². The molecule has 0 atom stereocenters. The Bertz CT molecular complexity index is 762. The highest BCUT2D eigenvalue weighted by molar-refractivity contribution is 5.43. The topological polar surface area (TPSA) is 0 Å². The second-order valence-electron chi connectivity index (χ2n) is 5.78. The molecule has 0 saturated carbocycles. The number of alkyl halides is 19. The van der Waals surface area contributed by atoms with Crippen molar-refractivity contribution in [3.63, 3.8) is 0 Å². The summed E-state index contributed by atoms with van der Waals surface area (Å²) >= 11 is 0. The normalized spacial score (nSPS) is 22.8. The molecule has 0 bridgehead atoms. The first-order chi connectivity index (χ1) is 13.0. The molecule has 0 aliphatic heterocycles. The van der Waals surface area contributed by atoms with Gasteiger partial charge in [-0.1, -0.05) is 0 Å². The van der Waals surface area contributed by atoms with Crippen LogP contribution >= 0.6 is 0 Å². The van der Waals surface area contributed by atoms with E-state index in [9.17, 15) is 87.8 Å². The molecular weight excluding hydrogens is 512 g/mol. The van der Waals surface area contributed by atoms with E-state index in [4.69, 9.17) is 0 Å². The van der Waals surface area contributed by atoms with Crippen molar-refractivity contribution in [3.05, 3.63) is 11.4 Å². The van der Waals surface area contributed by atoms with Crippen molar-refractivity contribution in [3.8, 4) is 0 Å². The molecule has 0 aromatic carbocycles. The minimum Gasteiger partial charge on any atom is -0.204 e. The van der Waals surface area contributed by atoms with Crippen LogP contribution in [0.15, 0.2) is 11.4 Å². The molecule has 184 valence electrons. The Morgan fingerprint density at radius 2 is 0.774 bits per heavy atom. The van der Waals surface area contributed by atoms with Crippen molar-refractivity contribution in [2.24, 2.45) is 0 Å². The third-order valence-corrected chi connectivity index (χ3v) is 3.85. The molecule has 0 N–H and O–H groups in total. The molecule has 0 spiro atoms. The van der Waals surface area contributed by atoms with Crippen molar-refractivity contribution in [1.29, 1.82) is 0 Å². The van der Waals surface area contributed by atoms with Crippen LogP contribution in [0.5, 0.6) is 0 Å². The van der Waals surface area contributed by atoms with Crippen LogP contribution in [0.2, 0.25) is 0 Å². The summed E-state index contributed by atoms with van der Waals surface area (Å²) in [7, 11) is 0. The number of allylic oxidation sites excluding steroid dienone is 2. The van der Waals surface area contributed by atoms with E-state index >= 15 is 0 Å². The molecule has 31 heavy (non-hydrogen) atoms. The minimum absolute atomic E-state index is 4.94. The Labute approximate surface area is 154 Å². The van der Waals surface area contributed by atoms with Crippen LogP contribution < -0.4 is 0 Å². The Kier molecular flexibility index (Phi) is 5.50. The molecule has 1 rings (SSSR count). The first kappa shape index (κ1) is 27.4. The molecular formula is C11F20. The van der Waals surface area contributed by atoms with E-state index in [1.807, 2.05) is 0 Å². The molecule has 0 fully saturated rings. The highest BCUT2D eigenvalue weighted by Crippen LogP contribution is 2.68. The molecule has 0 radical (unpaired) electrons. The van der Waals surface area contributed by atoms with Gasteiger partial charge >= 0.3 is 53.6 Å². The van der Waals surface area contributed by atoms with E-state index in [2.05, 4.69) is 0 Å². The summed E-state index contributed by atoms with van der Waals surface area (Å²) in [6, 6.07) is 0. The van der Waals surface area contributed by atoms with Crippen LogP contribution in [0.4, 0.5) is 87.8 Å². The average Bonchev–Trinajstić information content (AvgIpc) is 2.60. The zero-order chi connectivity index (χ0) is 25.7. The molecule has 0 heterocycles. The first-order valence-corrected chi connectivity index (χ1v) is 6.53. The van der Waals surface area contributed by atoms with E-state index < -0.39 is 65.0 Å². The van der Waals surface area contributed by atoms with E-state index in [1.165, 1.54) is 0 Å². The van der Waals surface area contributed by atoms with Crippen LogP contribution in [0.25, 0.3) is 0 Å². The standard InChI is InChI=1S/C11F20/c12-2-1(3(13,14)6(19,20)5(2,17)18)4(15,16)7(21,22)8(23,24)9(25,26)10(27,28)11(29,30)31. The summed E-state index contributed by atoms with van der Waals surface area (Å²) in [4.78, 5) is 0. The fourth-order valence-electron chi connectivity index (χ4n) is 2.05. The summed E-state index contributed by atoms with van der Waals surface area (Å²) in [5.41, 5.74) is -5.23. The maximum absolute atomic E-state index is 13.5. The fourth-order valence-corrected chi connectivity index (χ4v) is 2.05. The quantitative estimate of drug-likeness (QED) is 0.353. The summed E-state index contributed by atoms with van der Waals surface area (Å²) < 4.78 is 257. The van der Waals surface area contributed by atoms with Crippen molar-refractivity contribution >= 4 is 0 Å². The Morgan fingerprint density at radius 3 is 1.03 bits per heavy atom. The van der Waals surface area contributed by atoms with Gasteiger partial charge in [-0.3, -0.25) is 0 Å². The monoisotopic (exact) mass is 512 g/mol. The number of hydrogen-bond acceptors (Lipinski definition) is 0. The van der Waals surface area contributed by atoms with Gasteiger partial charge in [-0.05, 0) is 0 Å². The van der Waals surface area contributed by atoms with Crippen molar-refractivity contribution in [1.82, 2.24) is 0 Å². The highest BCUT2D eigenvalue weighted by atomic mass is 19.4. The first-order valence-electron chi connectivity index (χ1n) is 6.53. The lowest BCUT2D eigenvalue weighted by Gasteiger charge is -2.40. The summed E-state index contributed by atoms with van der Waals surface area (Å²) in [6.45, 7) is 0. The predicted molar refractivity (Wildman–Crippen MR) is 53.8 cm³/mol. The molecule has 0 aromatic heterocycles. The zero-order valence-corrected chi connectivity index (χ0v) is 13.1. The molecule has 1 aliphatic carbocycles. The van der Waals surface area contributed by atoms with Gasteiger partial charge in [-0.25, -0.2) is 4.39 Å². The zero-order valence-electron chi connectivity index (χ0n) is 13.1. The number of hydrogen-bond donors (Lipinski definition) is 0. The van der Waals surface area contributed by atoms with E-state index in [1.54, 1.807) is 0 Å². The maximum atomic E-state index is 13.5. The molecule has 1 aliphatic rings. The summed E-state index contributed by atoms with van der Waals surface area (Å²) in [6.07, 6.45) is -7.88. The van der Waals surface area contributed by atoms with Crippen LogP contribution in [-0.2, 0) is 0 Å². The lowest BCUT2D eigenvalue weighted by Crippen LogP contribution is -2.71. The largest absolute Gasteiger partial charge is 0.460 e. The second kappa shape index (κ2) is 6.22. The summed E-state index contributed by atoms with van der Waals surface area (Å²) in [5, 5.41) is 0. The predicted octanol–water partition coefficient (Wildman–Crippen LogP) is 6.87. The molecule has 0 aromatic rings. The van der Waals surface area contributed by atoms with Gasteiger partial charge in [0.15, 0.2) is 5.83 Å². The van der Waals surface area contributed by atoms with E-state index in [-0.39, 0.29) is 0 Å². The molecule has 0 unspecified atom stereocenters. The third-order valence-electron chi connectivity index (χ3n) is 3.85. The van der Waals surface area contributed by atoms with Crippen LogP contribution in [-0.4, -0.2) is 53.6 Å². The van der Waals surface area contributed by atoms with Crippen molar-refractivity contribution in [2.45, 2.75) is 53.6 Å². The van der Waals surface area contributed by atoms with Gasteiger partial charge in [0.25, 0.3) is 0 Å². The maximum Gasteiger partial charge on any atom is 0.460 e. The van der Waals surface area contributed by atoms with Gasteiger partial charge in [0.1, 0.15) is 5.57 Å². The SMILES string of the molecule is FC1=C(C(F)(F)C(F)(F)C(F)(F)C(F)(F)C(F)(F)C(F)(F)F)C(F)(F)C(F)(F)C1(F)F. The lowest BCUT2D eigenvalue weighted by molar-refractivity contribution is -0.438. The van der Waals surface area contributed by atoms with Crippen molar-refractivity contribution < 1.29 is 87.8 Å². The van der Waals surface area contributed by atoms with E-state index in [0.29, 0.717) is 0 Å². The second-order valence-corrected chi connectivity index (χ2v) is 5.78. The van der Waals surface area contributed by atoms with E-state index in [0.717, 1.165) is 0 Å². The smallest absolute Gasteiger partial charge is 0.204 e. The van der Waals surface area contributed by atoms with Gasteiger partial charge < -0.3 is 0 Å². The van der Waals surface area contributed by atoms with Crippen molar-refractivity contribution in [2.75, 3.05) is 0 Å². The van der Waals surface area contributed by atoms with Gasteiger partial charge in [0, 0.05) is 0 Å². The van der Waals surface area contributed by atoms with Crippen LogP contribution in [0.3, 0.4) is 0 Å². The summed E-state index contributed by atoms with van der Waals surface area (Å²) in [5.74, 6) is -69.7. The highest BCUT2D eigenvalue weighted by Gasteiger charge is 2.94.